The zero-order valence-electron chi connectivity index (χ0n) is 11.4. The van der Waals surface area contributed by atoms with Gasteiger partial charge in [-0.2, -0.15) is 0 Å². The Hall–Kier alpha value is -1.21. The second kappa shape index (κ2) is 6.49. The van der Waals surface area contributed by atoms with Gasteiger partial charge in [-0.1, -0.05) is 30.3 Å². The first-order chi connectivity index (χ1) is 9.53. The first-order valence-electron chi connectivity index (χ1n) is 6.17. The lowest BCUT2D eigenvalue weighted by Crippen LogP contribution is -2.28. The SMILES string of the molecule is COC(CNS(=O)(=O)c1ccc(C)s1)c1ccccc1. The van der Waals surface area contributed by atoms with E-state index in [9.17, 15) is 8.42 Å². The van der Waals surface area contributed by atoms with Crippen LogP contribution in [0.4, 0.5) is 0 Å². The minimum Gasteiger partial charge on any atom is -0.375 e. The summed E-state index contributed by atoms with van der Waals surface area (Å²) < 4.78 is 32.6. The molecule has 0 aliphatic heterocycles. The smallest absolute Gasteiger partial charge is 0.250 e. The normalized spacial score (nSPS) is 13.3. The van der Waals surface area contributed by atoms with Crippen LogP contribution in [0.2, 0.25) is 0 Å². The maximum Gasteiger partial charge on any atom is 0.250 e. The highest BCUT2D eigenvalue weighted by molar-refractivity contribution is 7.91. The van der Waals surface area contributed by atoms with Crippen LogP contribution in [0, 0.1) is 6.92 Å². The predicted molar refractivity (Wildman–Crippen MR) is 80.4 cm³/mol. The van der Waals surface area contributed by atoms with Crippen molar-refractivity contribution >= 4 is 21.4 Å². The predicted octanol–water partition coefficient (Wildman–Crippen LogP) is 2.72. The van der Waals surface area contributed by atoms with Crippen molar-refractivity contribution in [3.63, 3.8) is 0 Å². The summed E-state index contributed by atoms with van der Waals surface area (Å²) in [5.74, 6) is 0. The first kappa shape index (κ1) is 15.2. The van der Waals surface area contributed by atoms with Crippen LogP contribution in [0.3, 0.4) is 0 Å². The van der Waals surface area contributed by atoms with Crippen LogP contribution in [0.5, 0.6) is 0 Å². The summed E-state index contributed by atoms with van der Waals surface area (Å²) in [7, 11) is -1.89. The molecule has 0 amide bonds. The van der Waals surface area contributed by atoms with Crippen LogP contribution >= 0.6 is 11.3 Å². The Kier molecular flexibility index (Phi) is 4.93. The van der Waals surface area contributed by atoms with Crippen LogP contribution in [0.25, 0.3) is 0 Å². The molecule has 1 heterocycles. The van der Waals surface area contributed by atoms with E-state index < -0.39 is 10.0 Å². The average Bonchev–Trinajstić information content (AvgIpc) is 2.88. The van der Waals surface area contributed by atoms with Gasteiger partial charge in [0.2, 0.25) is 10.0 Å². The Morgan fingerprint density at radius 1 is 1.20 bits per heavy atom. The number of sulfonamides is 1. The summed E-state index contributed by atoms with van der Waals surface area (Å²) in [6.45, 7) is 2.09. The zero-order chi connectivity index (χ0) is 14.6. The largest absolute Gasteiger partial charge is 0.375 e. The van der Waals surface area contributed by atoms with Crippen LogP contribution in [-0.2, 0) is 14.8 Å². The van der Waals surface area contributed by atoms with Crippen molar-refractivity contribution in [2.45, 2.75) is 17.2 Å². The van der Waals surface area contributed by atoms with Gasteiger partial charge >= 0.3 is 0 Å². The quantitative estimate of drug-likeness (QED) is 0.892. The van der Waals surface area contributed by atoms with E-state index in [-0.39, 0.29) is 12.6 Å². The topological polar surface area (TPSA) is 55.4 Å². The number of benzene rings is 1. The number of thiophene rings is 1. The molecule has 1 unspecified atom stereocenters. The van der Waals surface area contributed by atoms with Gasteiger partial charge in [-0.3, -0.25) is 0 Å². The number of ether oxygens (including phenoxy) is 1. The third-order valence-corrected chi connectivity index (χ3v) is 5.81. The number of hydrogen-bond donors (Lipinski definition) is 1. The Balaban J connectivity index is 2.07. The monoisotopic (exact) mass is 311 g/mol. The molecule has 0 bridgehead atoms. The third kappa shape index (κ3) is 3.67. The lowest BCUT2D eigenvalue weighted by molar-refractivity contribution is 0.107. The van der Waals surface area contributed by atoms with Gasteiger partial charge in [0.15, 0.2) is 0 Å². The molecule has 1 N–H and O–H groups in total. The van der Waals surface area contributed by atoms with Gasteiger partial charge < -0.3 is 4.74 Å². The third-order valence-electron chi connectivity index (χ3n) is 2.90. The van der Waals surface area contributed by atoms with Gasteiger partial charge in [0.1, 0.15) is 4.21 Å². The molecule has 2 aromatic rings. The van der Waals surface area contributed by atoms with Gasteiger partial charge in [-0.15, -0.1) is 11.3 Å². The molecule has 0 saturated heterocycles. The average molecular weight is 311 g/mol. The van der Waals surface area contributed by atoms with Gasteiger partial charge in [0.25, 0.3) is 0 Å². The number of aryl methyl sites for hydroxylation is 1. The van der Waals surface area contributed by atoms with Crippen LogP contribution in [0.15, 0.2) is 46.7 Å². The molecular weight excluding hydrogens is 294 g/mol. The van der Waals surface area contributed by atoms with Crippen molar-refractivity contribution in [3.8, 4) is 0 Å². The molecule has 108 valence electrons. The summed E-state index contributed by atoms with van der Waals surface area (Å²) in [5.41, 5.74) is 0.945. The van der Waals surface area contributed by atoms with Crippen molar-refractivity contribution in [2.75, 3.05) is 13.7 Å². The number of hydrogen-bond acceptors (Lipinski definition) is 4. The summed E-state index contributed by atoms with van der Waals surface area (Å²) in [6, 6.07) is 13.0. The highest BCUT2D eigenvalue weighted by Crippen LogP contribution is 2.21. The van der Waals surface area contributed by atoms with E-state index in [1.807, 2.05) is 37.3 Å². The molecule has 1 aromatic carbocycles. The van der Waals surface area contributed by atoms with Gasteiger partial charge in [-0.05, 0) is 24.6 Å². The van der Waals surface area contributed by atoms with Gasteiger partial charge in [0, 0.05) is 18.5 Å². The van der Waals surface area contributed by atoms with Crippen molar-refractivity contribution in [2.24, 2.45) is 0 Å². The molecule has 0 aliphatic rings. The molecule has 0 radical (unpaired) electrons. The molecule has 2 rings (SSSR count). The van der Waals surface area contributed by atoms with Crippen LogP contribution in [0.1, 0.15) is 16.5 Å². The first-order valence-corrected chi connectivity index (χ1v) is 8.47. The highest BCUT2D eigenvalue weighted by Gasteiger charge is 2.19. The van der Waals surface area contributed by atoms with Gasteiger partial charge in [0.05, 0.1) is 6.10 Å². The molecule has 0 aliphatic carbocycles. The van der Waals surface area contributed by atoms with E-state index in [0.717, 1.165) is 10.4 Å². The van der Waals surface area contributed by atoms with Crippen molar-refractivity contribution in [3.05, 3.63) is 52.9 Å². The van der Waals surface area contributed by atoms with Crippen molar-refractivity contribution in [1.82, 2.24) is 4.72 Å². The number of rotatable bonds is 6. The lowest BCUT2D eigenvalue weighted by atomic mass is 10.1. The molecule has 0 saturated carbocycles. The Bertz CT molecular complexity index is 650. The highest BCUT2D eigenvalue weighted by atomic mass is 32.2. The standard InChI is InChI=1S/C14H17NO3S2/c1-11-8-9-14(19-11)20(16,17)15-10-13(18-2)12-6-4-3-5-7-12/h3-9,13,15H,10H2,1-2H3. The fourth-order valence-electron chi connectivity index (χ4n) is 1.82. The van der Waals surface area contributed by atoms with E-state index in [4.69, 9.17) is 4.74 Å². The fourth-order valence-corrected chi connectivity index (χ4v) is 4.18. The van der Waals surface area contributed by atoms with E-state index in [2.05, 4.69) is 4.72 Å². The molecule has 0 spiro atoms. The van der Waals surface area contributed by atoms with E-state index in [0.29, 0.717) is 4.21 Å². The second-order valence-electron chi connectivity index (χ2n) is 4.35. The Morgan fingerprint density at radius 3 is 2.45 bits per heavy atom. The maximum atomic E-state index is 12.1. The minimum absolute atomic E-state index is 0.208. The summed E-state index contributed by atoms with van der Waals surface area (Å²) >= 11 is 1.26. The molecule has 4 nitrogen and oxygen atoms in total. The lowest BCUT2D eigenvalue weighted by Gasteiger charge is -2.16. The fraction of sp³-hybridized carbons (Fsp3) is 0.286. The summed E-state index contributed by atoms with van der Waals surface area (Å²) in [4.78, 5) is 0.969. The van der Waals surface area contributed by atoms with Crippen molar-refractivity contribution in [1.29, 1.82) is 0 Å². The maximum absolute atomic E-state index is 12.1. The van der Waals surface area contributed by atoms with Crippen molar-refractivity contribution < 1.29 is 13.2 Å². The number of methoxy groups -OCH3 is 1. The van der Waals surface area contributed by atoms with E-state index in [1.54, 1.807) is 19.2 Å². The van der Waals surface area contributed by atoms with E-state index in [1.165, 1.54) is 11.3 Å². The minimum atomic E-state index is -3.46. The molecule has 6 heteroatoms. The summed E-state index contributed by atoms with van der Waals surface area (Å²) in [5, 5.41) is 0. The molecule has 1 atom stereocenters. The molecule has 0 fully saturated rings. The Labute approximate surface area is 123 Å². The van der Waals surface area contributed by atoms with Gasteiger partial charge in [-0.25, -0.2) is 13.1 Å². The van der Waals surface area contributed by atoms with E-state index >= 15 is 0 Å². The Morgan fingerprint density at radius 2 is 1.90 bits per heavy atom. The van der Waals surface area contributed by atoms with Crippen LogP contribution in [-0.4, -0.2) is 22.1 Å². The second-order valence-corrected chi connectivity index (χ2v) is 7.63. The molecular formula is C14H17NO3S2. The summed E-state index contributed by atoms with van der Waals surface area (Å²) in [6.07, 6.45) is -0.299. The number of nitrogens with one attached hydrogen (secondary N) is 1. The molecule has 1 aromatic heterocycles. The zero-order valence-corrected chi connectivity index (χ0v) is 13.0. The molecule has 20 heavy (non-hydrogen) atoms. The van der Waals surface area contributed by atoms with Crippen LogP contribution < -0.4 is 4.72 Å².